The molecule has 0 saturated heterocycles. The summed E-state index contributed by atoms with van der Waals surface area (Å²) in [5, 5.41) is 2.88. The zero-order chi connectivity index (χ0) is 15.0. The monoisotopic (exact) mass is 312 g/mol. The number of rotatable bonds is 6. The first-order valence-electron chi connectivity index (χ1n) is 6.26. The second-order valence-corrected chi connectivity index (χ2v) is 6.01. The molecule has 0 spiro atoms. The van der Waals surface area contributed by atoms with Crippen molar-refractivity contribution in [3.8, 4) is 5.75 Å². The third-order valence-electron chi connectivity index (χ3n) is 2.59. The van der Waals surface area contributed by atoms with Crippen LogP contribution in [0.4, 0.5) is 0 Å². The lowest BCUT2D eigenvalue weighted by Gasteiger charge is -2.12. The van der Waals surface area contributed by atoms with Crippen LogP contribution in [0.2, 0.25) is 0 Å². The molecule has 0 fully saturated rings. The Bertz CT molecular complexity index is 447. The minimum Gasteiger partial charge on any atom is -0.497 e. The van der Waals surface area contributed by atoms with E-state index in [0.29, 0.717) is 12.3 Å². The van der Waals surface area contributed by atoms with E-state index in [4.69, 9.17) is 17.0 Å². The maximum atomic E-state index is 11.6. The van der Waals surface area contributed by atoms with Gasteiger partial charge in [0, 0.05) is 20.6 Å². The van der Waals surface area contributed by atoms with Crippen molar-refractivity contribution in [3.63, 3.8) is 0 Å². The van der Waals surface area contributed by atoms with Crippen molar-refractivity contribution in [3.05, 3.63) is 29.8 Å². The van der Waals surface area contributed by atoms with Crippen LogP contribution in [0.15, 0.2) is 24.3 Å². The lowest BCUT2D eigenvalue weighted by atomic mass is 10.1. The molecule has 4 nitrogen and oxygen atoms in total. The molecular weight excluding hydrogens is 292 g/mol. The van der Waals surface area contributed by atoms with E-state index in [2.05, 4.69) is 5.32 Å². The number of nitrogens with zero attached hydrogens (tertiary/aromatic N) is 1. The van der Waals surface area contributed by atoms with Crippen LogP contribution in [0.5, 0.6) is 5.75 Å². The molecule has 1 N–H and O–H groups in total. The van der Waals surface area contributed by atoms with Crippen molar-refractivity contribution in [2.45, 2.75) is 6.42 Å². The fourth-order valence-electron chi connectivity index (χ4n) is 1.45. The predicted octanol–water partition coefficient (Wildman–Crippen LogP) is 1.93. The van der Waals surface area contributed by atoms with Gasteiger partial charge in [0.2, 0.25) is 5.91 Å². The summed E-state index contributed by atoms with van der Waals surface area (Å²) in [4.78, 5) is 13.5. The van der Waals surface area contributed by atoms with Gasteiger partial charge in [-0.15, -0.1) is 0 Å². The van der Waals surface area contributed by atoms with Crippen LogP contribution >= 0.6 is 24.0 Å². The molecule has 20 heavy (non-hydrogen) atoms. The van der Waals surface area contributed by atoms with Crippen molar-refractivity contribution >= 4 is 34.2 Å². The molecule has 1 aromatic rings. The summed E-state index contributed by atoms with van der Waals surface area (Å²) in [6, 6.07) is 7.84. The van der Waals surface area contributed by atoms with Crippen LogP contribution in [0.3, 0.4) is 0 Å². The largest absolute Gasteiger partial charge is 0.497 e. The Morgan fingerprint density at radius 1 is 1.35 bits per heavy atom. The van der Waals surface area contributed by atoms with Crippen molar-refractivity contribution in [2.75, 3.05) is 33.5 Å². The number of hydrogen-bond donors (Lipinski definition) is 1. The quantitative estimate of drug-likeness (QED) is 0.813. The second-order valence-electron chi connectivity index (χ2n) is 4.40. The van der Waals surface area contributed by atoms with Gasteiger partial charge in [-0.25, -0.2) is 0 Å². The molecule has 0 atom stereocenters. The molecule has 1 amide bonds. The number of nitrogens with one attached hydrogen (secondary N) is 1. The van der Waals surface area contributed by atoms with E-state index < -0.39 is 0 Å². The van der Waals surface area contributed by atoms with Crippen molar-refractivity contribution in [1.82, 2.24) is 10.2 Å². The summed E-state index contributed by atoms with van der Waals surface area (Å²) in [5.41, 5.74) is 1.17. The van der Waals surface area contributed by atoms with E-state index in [-0.39, 0.29) is 5.91 Å². The van der Waals surface area contributed by atoms with Crippen LogP contribution in [0, 0.1) is 0 Å². The highest BCUT2D eigenvalue weighted by molar-refractivity contribution is 8.23. The number of thiocarbonyl (C=S) groups is 1. The highest BCUT2D eigenvalue weighted by atomic mass is 32.2. The van der Waals surface area contributed by atoms with E-state index in [1.165, 1.54) is 17.3 Å². The van der Waals surface area contributed by atoms with Crippen molar-refractivity contribution < 1.29 is 9.53 Å². The van der Waals surface area contributed by atoms with Crippen LogP contribution in [0.1, 0.15) is 5.56 Å². The van der Waals surface area contributed by atoms with E-state index in [9.17, 15) is 4.79 Å². The topological polar surface area (TPSA) is 41.6 Å². The third-order valence-corrected chi connectivity index (χ3v) is 4.32. The highest BCUT2D eigenvalue weighted by Crippen LogP contribution is 2.11. The fraction of sp³-hybridized carbons (Fsp3) is 0.429. The average Bonchev–Trinajstić information content (AvgIpc) is 2.45. The number of hydrogen-bond acceptors (Lipinski definition) is 4. The van der Waals surface area contributed by atoms with Gasteiger partial charge >= 0.3 is 0 Å². The summed E-state index contributed by atoms with van der Waals surface area (Å²) in [6.07, 6.45) is 0.804. The van der Waals surface area contributed by atoms with E-state index >= 15 is 0 Å². The van der Waals surface area contributed by atoms with E-state index in [1.54, 1.807) is 7.11 Å². The maximum absolute atomic E-state index is 11.6. The minimum atomic E-state index is 0.00714. The SMILES string of the molecule is COc1ccc(CCNC(=O)CSC(=S)N(C)C)cc1. The Labute approximate surface area is 129 Å². The van der Waals surface area contributed by atoms with Gasteiger partial charge in [-0.2, -0.15) is 0 Å². The normalized spacial score (nSPS) is 9.95. The molecule has 6 heteroatoms. The first-order chi connectivity index (χ1) is 9.52. The summed E-state index contributed by atoms with van der Waals surface area (Å²) in [5.74, 6) is 1.21. The predicted molar refractivity (Wildman–Crippen MR) is 88.5 cm³/mol. The Morgan fingerprint density at radius 2 is 2.00 bits per heavy atom. The Balaban J connectivity index is 2.22. The fourth-order valence-corrected chi connectivity index (χ4v) is 2.24. The Morgan fingerprint density at radius 3 is 2.55 bits per heavy atom. The number of benzene rings is 1. The smallest absolute Gasteiger partial charge is 0.230 e. The molecular formula is C14H20N2O2S2. The van der Waals surface area contributed by atoms with Gasteiger partial charge in [0.25, 0.3) is 0 Å². The molecule has 0 unspecified atom stereocenters. The number of ether oxygens (including phenoxy) is 1. The van der Waals surface area contributed by atoms with Crippen LogP contribution in [-0.2, 0) is 11.2 Å². The molecule has 0 aliphatic carbocycles. The molecule has 0 radical (unpaired) electrons. The first-order valence-corrected chi connectivity index (χ1v) is 7.66. The van der Waals surface area contributed by atoms with Crippen LogP contribution in [-0.4, -0.2) is 48.6 Å². The number of carbonyl (C=O) groups excluding carboxylic acids is 1. The van der Waals surface area contributed by atoms with Gasteiger partial charge < -0.3 is 15.0 Å². The summed E-state index contributed by atoms with van der Waals surface area (Å²) >= 11 is 6.48. The standard InChI is InChI=1S/C14H20N2O2S2/c1-16(2)14(19)20-10-13(17)15-9-8-11-4-6-12(18-3)7-5-11/h4-7H,8-10H2,1-3H3,(H,15,17). The van der Waals surface area contributed by atoms with E-state index in [1.807, 2.05) is 43.3 Å². The van der Waals surface area contributed by atoms with Crippen molar-refractivity contribution in [2.24, 2.45) is 0 Å². The van der Waals surface area contributed by atoms with Gasteiger partial charge in [-0.05, 0) is 24.1 Å². The molecule has 0 aliphatic rings. The first kappa shape index (κ1) is 16.8. The third kappa shape index (κ3) is 6.25. The lowest BCUT2D eigenvalue weighted by Crippen LogP contribution is -2.28. The van der Waals surface area contributed by atoms with Gasteiger partial charge in [0.05, 0.1) is 12.9 Å². The zero-order valence-corrected chi connectivity index (χ0v) is 13.6. The van der Waals surface area contributed by atoms with Gasteiger partial charge in [0.1, 0.15) is 10.1 Å². The summed E-state index contributed by atoms with van der Waals surface area (Å²) in [6.45, 7) is 0.625. The molecule has 110 valence electrons. The van der Waals surface area contributed by atoms with E-state index in [0.717, 1.165) is 16.5 Å². The molecule has 1 aromatic carbocycles. The number of thioether (sulfide) groups is 1. The summed E-state index contributed by atoms with van der Waals surface area (Å²) < 4.78 is 5.81. The second kappa shape index (κ2) is 8.81. The van der Waals surface area contributed by atoms with Gasteiger partial charge in [-0.1, -0.05) is 36.1 Å². The molecule has 1 rings (SSSR count). The molecule has 0 saturated carbocycles. The maximum Gasteiger partial charge on any atom is 0.230 e. The number of amides is 1. The summed E-state index contributed by atoms with van der Waals surface area (Å²) in [7, 11) is 5.39. The highest BCUT2D eigenvalue weighted by Gasteiger charge is 2.05. The molecule has 0 aromatic heterocycles. The Hall–Kier alpha value is -1.27. The number of methoxy groups -OCH3 is 1. The zero-order valence-electron chi connectivity index (χ0n) is 12.0. The van der Waals surface area contributed by atoms with Gasteiger partial charge in [-0.3, -0.25) is 4.79 Å². The number of carbonyl (C=O) groups is 1. The van der Waals surface area contributed by atoms with Crippen molar-refractivity contribution in [1.29, 1.82) is 0 Å². The lowest BCUT2D eigenvalue weighted by molar-refractivity contribution is -0.118. The molecule has 0 aliphatic heterocycles. The molecule has 0 bridgehead atoms. The van der Waals surface area contributed by atoms with Crippen LogP contribution < -0.4 is 10.1 Å². The minimum absolute atomic E-state index is 0.00714. The average molecular weight is 312 g/mol. The van der Waals surface area contributed by atoms with Crippen LogP contribution in [0.25, 0.3) is 0 Å². The Kier molecular flexibility index (Phi) is 7.40. The molecule has 0 heterocycles. The van der Waals surface area contributed by atoms with Gasteiger partial charge in [0.15, 0.2) is 0 Å².